The summed E-state index contributed by atoms with van der Waals surface area (Å²) in [6, 6.07) is 8.31. The topological polar surface area (TPSA) is 72.7 Å². The number of hydrogen-bond donors (Lipinski definition) is 1. The van der Waals surface area contributed by atoms with Gasteiger partial charge in [-0.1, -0.05) is 17.8 Å². The maximum atomic E-state index is 12.1. The van der Waals surface area contributed by atoms with Crippen LogP contribution in [-0.2, 0) is 11.3 Å². The first-order valence-electron chi connectivity index (χ1n) is 8.08. The van der Waals surface area contributed by atoms with E-state index in [1.54, 1.807) is 23.7 Å². The van der Waals surface area contributed by atoms with Crippen molar-refractivity contribution >= 4 is 29.0 Å². The Kier molecular flexibility index (Phi) is 4.80. The molecule has 25 heavy (non-hydrogen) atoms. The second-order valence-electron chi connectivity index (χ2n) is 5.79. The van der Waals surface area contributed by atoms with Gasteiger partial charge in [0, 0.05) is 28.9 Å². The number of nitrogens with zero attached hydrogens (tertiary/aromatic N) is 4. The summed E-state index contributed by atoms with van der Waals surface area (Å²) in [7, 11) is 0. The van der Waals surface area contributed by atoms with Crippen LogP contribution < -0.4 is 5.32 Å². The summed E-state index contributed by atoms with van der Waals surface area (Å²) in [6.07, 6.45) is 5.80. The van der Waals surface area contributed by atoms with E-state index in [0.29, 0.717) is 18.3 Å². The molecular formula is C17H17N5OS2. The molecular weight excluding hydrogens is 354 g/mol. The van der Waals surface area contributed by atoms with Crippen molar-refractivity contribution in [3.63, 3.8) is 0 Å². The normalized spacial score (nSPS) is 13.8. The molecule has 3 heterocycles. The molecule has 128 valence electrons. The van der Waals surface area contributed by atoms with Crippen molar-refractivity contribution in [3.05, 3.63) is 46.9 Å². The van der Waals surface area contributed by atoms with Gasteiger partial charge in [-0.05, 0) is 36.4 Å². The molecule has 0 saturated heterocycles. The van der Waals surface area contributed by atoms with Crippen LogP contribution in [0.1, 0.15) is 23.8 Å². The Bertz CT molecular complexity index is 843. The minimum atomic E-state index is 0.00618. The Balaban J connectivity index is 1.42. The number of amides is 1. The monoisotopic (exact) mass is 371 g/mol. The molecule has 3 aromatic heterocycles. The fourth-order valence-electron chi connectivity index (χ4n) is 2.51. The second kappa shape index (κ2) is 7.37. The van der Waals surface area contributed by atoms with Crippen molar-refractivity contribution in [2.45, 2.75) is 30.6 Å². The van der Waals surface area contributed by atoms with Gasteiger partial charge < -0.3 is 5.32 Å². The molecule has 0 bridgehead atoms. The highest BCUT2D eigenvalue weighted by molar-refractivity contribution is 7.99. The third-order valence-corrected chi connectivity index (χ3v) is 5.69. The van der Waals surface area contributed by atoms with Crippen LogP contribution in [0.2, 0.25) is 0 Å². The Labute approximate surface area is 153 Å². The Morgan fingerprint density at radius 3 is 2.96 bits per heavy atom. The molecule has 4 rings (SSSR count). The van der Waals surface area contributed by atoms with E-state index in [0.717, 1.165) is 34.3 Å². The van der Waals surface area contributed by atoms with Crippen LogP contribution in [0, 0.1) is 0 Å². The number of rotatable bonds is 7. The quantitative estimate of drug-likeness (QED) is 0.646. The van der Waals surface area contributed by atoms with Crippen LogP contribution in [-0.4, -0.2) is 31.4 Å². The zero-order valence-electron chi connectivity index (χ0n) is 13.5. The van der Waals surface area contributed by atoms with E-state index in [1.165, 1.54) is 11.8 Å². The molecule has 1 amide bonds. The van der Waals surface area contributed by atoms with E-state index in [2.05, 4.69) is 25.1 Å². The van der Waals surface area contributed by atoms with Gasteiger partial charge in [0.25, 0.3) is 0 Å². The molecule has 1 N–H and O–H groups in total. The summed E-state index contributed by atoms with van der Waals surface area (Å²) in [5, 5.41) is 14.4. The first kappa shape index (κ1) is 16.3. The van der Waals surface area contributed by atoms with Gasteiger partial charge in [0.2, 0.25) is 5.91 Å². The first-order valence-corrected chi connectivity index (χ1v) is 9.95. The summed E-state index contributed by atoms with van der Waals surface area (Å²) in [6.45, 7) is 0.577. The van der Waals surface area contributed by atoms with Crippen LogP contribution >= 0.6 is 23.1 Å². The minimum Gasteiger partial charge on any atom is -0.350 e. The number of nitrogens with one attached hydrogen (secondary N) is 1. The van der Waals surface area contributed by atoms with E-state index in [1.807, 2.05) is 29.6 Å². The molecule has 1 aliphatic carbocycles. The van der Waals surface area contributed by atoms with Gasteiger partial charge >= 0.3 is 0 Å². The molecule has 0 atom stereocenters. The molecule has 3 aromatic rings. The van der Waals surface area contributed by atoms with Crippen molar-refractivity contribution in [3.8, 4) is 11.4 Å². The zero-order chi connectivity index (χ0) is 17.1. The minimum absolute atomic E-state index is 0.00618. The van der Waals surface area contributed by atoms with Gasteiger partial charge in [0.15, 0.2) is 11.0 Å². The molecule has 1 fully saturated rings. The van der Waals surface area contributed by atoms with Crippen LogP contribution in [0.25, 0.3) is 11.4 Å². The predicted octanol–water partition coefficient (Wildman–Crippen LogP) is 3.15. The van der Waals surface area contributed by atoms with Gasteiger partial charge in [-0.2, -0.15) is 0 Å². The molecule has 0 aromatic carbocycles. The summed E-state index contributed by atoms with van der Waals surface area (Å²) in [5.74, 6) is 1.17. The fraction of sp³-hybridized carbons (Fsp3) is 0.294. The maximum Gasteiger partial charge on any atom is 0.230 e. The molecule has 1 saturated carbocycles. The SMILES string of the molecule is O=C(CSc1nnc(-c2cccnc2)n1C1CC1)NCc1cccs1. The highest BCUT2D eigenvalue weighted by Gasteiger charge is 2.30. The third kappa shape index (κ3) is 3.91. The number of pyridine rings is 1. The lowest BCUT2D eigenvalue weighted by Gasteiger charge is -2.08. The van der Waals surface area contributed by atoms with Gasteiger partial charge in [-0.25, -0.2) is 0 Å². The summed E-state index contributed by atoms with van der Waals surface area (Å²) < 4.78 is 2.15. The van der Waals surface area contributed by atoms with Crippen LogP contribution in [0.3, 0.4) is 0 Å². The average molecular weight is 371 g/mol. The highest BCUT2D eigenvalue weighted by atomic mass is 32.2. The zero-order valence-corrected chi connectivity index (χ0v) is 15.1. The Hall–Kier alpha value is -2.19. The van der Waals surface area contributed by atoms with Gasteiger partial charge in [0.1, 0.15) is 0 Å². The lowest BCUT2D eigenvalue weighted by molar-refractivity contribution is -0.118. The molecule has 6 nitrogen and oxygen atoms in total. The summed E-state index contributed by atoms with van der Waals surface area (Å²) in [5.41, 5.74) is 0.955. The van der Waals surface area contributed by atoms with Gasteiger partial charge in [0.05, 0.1) is 12.3 Å². The van der Waals surface area contributed by atoms with Crippen molar-refractivity contribution in [1.29, 1.82) is 0 Å². The fourth-order valence-corrected chi connectivity index (χ4v) is 3.99. The summed E-state index contributed by atoms with van der Waals surface area (Å²) >= 11 is 3.08. The number of carbonyl (C=O) groups excluding carboxylic acids is 1. The molecule has 0 unspecified atom stereocenters. The number of aromatic nitrogens is 4. The summed E-state index contributed by atoms with van der Waals surface area (Å²) in [4.78, 5) is 17.4. The Morgan fingerprint density at radius 1 is 1.32 bits per heavy atom. The lowest BCUT2D eigenvalue weighted by Crippen LogP contribution is -2.24. The first-order chi connectivity index (χ1) is 12.3. The smallest absolute Gasteiger partial charge is 0.230 e. The van der Waals surface area contributed by atoms with Gasteiger partial charge in [-0.3, -0.25) is 14.3 Å². The van der Waals surface area contributed by atoms with Crippen LogP contribution in [0.15, 0.2) is 47.2 Å². The largest absolute Gasteiger partial charge is 0.350 e. The average Bonchev–Trinajstić information content (AvgIpc) is 3.18. The van der Waals surface area contributed by atoms with Crippen molar-refractivity contribution in [2.24, 2.45) is 0 Å². The number of thioether (sulfide) groups is 1. The van der Waals surface area contributed by atoms with Crippen LogP contribution in [0.4, 0.5) is 0 Å². The third-order valence-electron chi connectivity index (χ3n) is 3.87. The highest BCUT2D eigenvalue weighted by Crippen LogP contribution is 2.40. The predicted molar refractivity (Wildman–Crippen MR) is 98.4 cm³/mol. The van der Waals surface area contributed by atoms with E-state index >= 15 is 0 Å². The van der Waals surface area contributed by atoms with Gasteiger partial charge in [-0.15, -0.1) is 21.5 Å². The molecule has 8 heteroatoms. The van der Waals surface area contributed by atoms with E-state index in [4.69, 9.17) is 0 Å². The lowest BCUT2D eigenvalue weighted by atomic mass is 10.3. The molecule has 1 aliphatic rings. The number of hydrogen-bond acceptors (Lipinski definition) is 6. The van der Waals surface area contributed by atoms with E-state index in [-0.39, 0.29) is 5.91 Å². The molecule has 0 spiro atoms. The Morgan fingerprint density at radius 2 is 2.24 bits per heavy atom. The molecule has 0 radical (unpaired) electrons. The van der Waals surface area contributed by atoms with Crippen molar-refractivity contribution in [1.82, 2.24) is 25.1 Å². The van der Waals surface area contributed by atoms with E-state index < -0.39 is 0 Å². The van der Waals surface area contributed by atoms with Crippen LogP contribution in [0.5, 0.6) is 0 Å². The maximum absolute atomic E-state index is 12.1. The number of thiophene rings is 1. The standard InChI is InChI=1S/C17H17N5OS2/c23-15(19-10-14-4-2-8-24-14)11-25-17-21-20-16(22(17)13-5-6-13)12-3-1-7-18-9-12/h1-4,7-9,13H,5-6,10-11H2,(H,19,23). The molecule has 0 aliphatic heterocycles. The van der Waals surface area contributed by atoms with E-state index in [9.17, 15) is 4.79 Å². The van der Waals surface area contributed by atoms with Crippen molar-refractivity contribution < 1.29 is 4.79 Å². The second-order valence-corrected chi connectivity index (χ2v) is 7.77. The van der Waals surface area contributed by atoms with Crippen molar-refractivity contribution in [2.75, 3.05) is 5.75 Å². The number of carbonyl (C=O) groups is 1.